The highest BCUT2D eigenvalue weighted by atomic mass is 16.5. The fraction of sp³-hybridized carbons (Fsp3) is 0.316. The van der Waals surface area contributed by atoms with Gasteiger partial charge in [0, 0.05) is 31.9 Å². The van der Waals surface area contributed by atoms with Crippen molar-refractivity contribution in [2.45, 2.75) is 13.8 Å². The van der Waals surface area contributed by atoms with E-state index in [1.807, 2.05) is 42.2 Å². The van der Waals surface area contributed by atoms with Crippen LogP contribution in [-0.2, 0) is 0 Å². The van der Waals surface area contributed by atoms with Crippen LogP contribution in [0.1, 0.15) is 21.8 Å². The number of aromatic nitrogens is 4. The van der Waals surface area contributed by atoms with Crippen LogP contribution in [0.5, 0.6) is 0 Å². The number of aryl methyl sites for hydroxylation is 2. The Labute approximate surface area is 162 Å². The van der Waals surface area contributed by atoms with Gasteiger partial charge in [-0.15, -0.1) is 10.2 Å². The molecule has 1 fully saturated rings. The van der Waals surface area contributed by atoms with Crippen molar-refractivity contribution in [1.82, 2.24) is 25.2 Å². The van der Waals surface area contributed by atoms with Crippen molar-refractivity contribution in [3.8, 4) is 0 Å². The molecule has 28 heavy (non-hydrogen) atoms. The first-order valence-corrected chi connectivity index (χ1v) is 9.10. The fourth-order valence-electron chi connectivity index (χ4n) is 3.12. The van der Waals surface area contributed by atoms with E-state index < -0.39 is 0 Å². The molecule has 4 heterocycles. The second kappa shape index (κ2) is 7.63. The molecule has 0 spiro atoms. The first-order valence-electron chi connectivity index (χ1n) is 9.10. The van der Waals surface area contributed by atoms with Crippen LogP contribution in [0, 0.1) is 13.8 Å². The molecular weight excluding hydrogens is 358 g/mol. The summed E-state index contributed by atoms with van der Waals surface area (Å²) >= 11 is 0. The number of amides is 1. The second-order valence-corrected chi connectivity index (χ2v) is 6.64. The number of pyridine rings is 1. The molecule has 9 heteroatoms. The van der Waals surface area contributed by atoms with Crippen LogP contribution in [0.2, 0.25) is 0 Å². The Hall–Kier alpha value is -3.49. The number of nitrogens with one attached hydrogen (secondary N) is 1. The topological polar surface area (TPSA) is 100 Å². The third-order valence-corrected chi connectivity index (χ3v) is 4.67. The predicted molar refractivity (Wildman–Crippen MR) is 104 cm³/mol. The zero-order valence-corrected chi connectivity index (χ0v) is 15.8. The minimum Gasteiger partial charge on any atom is -0.361 e. The molecule has 0 saturated carbocycles. The molecule has 0 aliphatic carbocycles. The Morgan fingerprint density at radius 2 is 1.86 bits per heavy atom. The summed E-state index contributed by atoms with van der Waals surface area (Å²) in [6.45, 7) is 6.29. The van der Waals surface area contributed by atoms with Crippen LogP contribution >= 0.6 is 0 Å². The summed E-state index contributed by atoms with van der Waals surface area (Å²) in [5, 5.41) is 15.4. The van der Waals surface area contributed by atoms with E-state index in [9.17, 15) is 4.79 Å². The molecule has 0 atom stereocenters. The minimum absolute atomic E-state index is 0.0466. The lowest BCUT2D eigenvalue weighted by Gasteiger charge is -2.35. The lowest BCUT2D eigenvalue weighted by atomic mass is 10.2. The second-order valence-electron chi connectivity index (χ2n) is 6.64. The van der Waals surface area contributed by atoms with Gasteiger partial charge in [0.2, 0.25) is 0 Å². The average molecular weight is 379 g/mol. The number of anilines is 3. The lowest BCUT2D eigenvalue weighted by molar-refractivity contribution is 0.0744. The molecule has 3 aromatic heterocycles. The maximum atomic E-state index is 12.5. The molecule has 0 radical (unpaired) electrons. The molecule has 0 aromatic carbocycles. The van der Waals surface area contributed by atoms with Crippen LogP contribution in [0.15, 0.2) is 41.1 Å². The van der Waals surface area contributed by atoms with Gasteiger partial charge in [-0.2, -0.15) is 0 Å². The predicted octanol–water partition coefficient (Wildman–Crippen LogP) is 2.18. The van der Waals surface area contributed by atoms with Crippen molar-refractivity contribution in [3.05, 3.63) is 53.5 Å². The van der Waals surface area contributed by atoms with Gasteiger partial charge in [-0.05, 0) is 38.1 Å². The quantitative estimate of drug-likeness (QED) is 0.736. The Bertz CT molecular complexity index is 962. The van der Waals surface area contributed by atoms with Gasteiger partial charge in [-0.25, -0.2) is 4.98 Å². The molecule has 1 saturated heterocycles. The highest BCUT2D eigenvalue weighted by molar-refractivity contribution is 5.94. The molecule has 144 valence electrons. The summed E-state index contributed by atoms with van der Waals surface area (Å²) in [5.74, 6) is 2.66. The fourth-order valence-corrected chi connectivity index (χ4v) is 3.12. The molecule has 3 aromatic rings. The van der Waals surface area contributed by atoms with Gasteiger partial charge in [0.1, 0.15) is 17.1 Å². The largest absolute Gasteiger partial charge is 0.361 e. The average Bonchev–Trinajstić information content (AvgIpc) is 3.14. The van der Waals surface area contributed by atoms with E-state index in [0.29, 0.717) is 43.3 Å². The summed E-state index contributed by atoms with van der Waals surface area (Å²) in [4.78, 5) is 20.9. The van der Waals surface area contributed by atoms with E-state index >= 15 is 0 Å². The van der Waals surface area contributed by atoms with Crippen molar-refractivity contribution >= 4 is 23.4 Å². The molecule has 4 rings (SSSR count). The minimum atomic E-state index is -0.0466. The van der Waals surface area contributed by atoms with Gasteiger partial charge >= 0.3 is 0 Å². The van der Waals surface area contributed by atoms with E-state index in [2.05, 4.69) is 30.6 Å². The number of nitrogens with zero attached hydrogens (tertiary/aromatic N) is 6. The van der Waals surface area contributed by atoms with Crippen LogP contribution in [0.25, 0.3) is 0 Å². The summed E-state index contributed by atoms with van der Waals surface area (Å²) < 4.78 is 4.99. The number of hydrogen-bond donors (Lipinski definition) is 1. The Kier molecular flexibility index (Phi) is 4.88. The highest BCUT2D eigenvalue weighted by Crippen LogP contribution is 2.18. The van der Waals surface area contributed by atoms with Crippen molar-refractivity contribution in [1.29, 1.82) is 0 Å². The van der Waals surface area contributed by atoms with Gasteiger partial charge in [0.05, 0.1) is 6.20 Å². The van der Waals surface area contributed by atoms with Gasteiger partial charge in [-0.3, -0.25) is 4.79 Å². The van der Waals surface area contributed by atoms with Crippen molar-refractivity contribution < 1.29 is 9.32 Å². The normalized spacial score (nSPS) is 14.2. The van der Waals surface area contributed by atoms with Gasteiger partial charge in [0.15, 0.2) is 11.6 Å². The third kappa shape index (κ3) is 3.78. The maximum Gasteiger partial charge on any atom is 0.259 e. The summed E-state index contributed by atoms with van der Waals surface area (Å²) in [6.07, 6.45) is 1.48. The highest BCUT2D eigenvalue weighted by Gasteiger charge is 2.25. The molecule has 0 bridgehead atoms. The number of piperazine rings is 1. The first-order chi connectivity index (χ1) is 13.6. The lowest BCUT2D eigenvalue weighted by Crippen LogP contribution is -2.49. The molecule has 1 aliphatic rings. The smallest absolute Gasteiger partial charge is 0.259 e. The zero-order chi connectivity index (χ0) is 19.5. The first kappa shape index (κ1) is 17.9. The number of carbonyl (C=O) groups is 1. The van der Waals surface area contributed by atoms with E-state index in [1.165, 1.54) is 6.20 Å². The van der Waals surface area contributed by atoms with Gasteiger partial charge < -0.3 is 19.6 Å². The van der Waals surface area contributed by atoms with Gasteiger partial charge in [-0.1, -0.05) is 11.2 Å². The monoisotopic (exact) mass is 379 g/mol. The van der Waals surface area contributed by atoms with E-state index in [-0.39, 0.29) is 5.91 Å². The Morgan fingerprint density at radius 1 is 1.04 bits per heavy atom. The van der Waals surface area contributed by atoms with Crippen molar-refractivity contribution in [2.24, 2.45) is 0 Å². The molecule has 1 amide bonds. The van der Waals surface area contributed by atoms with Crippen LogP contribution in [0.4, 0.5) is 17.5 Å². The maximum absolute atomic E-state index is 12.5. The Balaban J connectivity index is 1.36. The van der Waals surface area contributed by atoms with E-state index in [1.54, 1.807) is 6.92 Å². The Morgan fingerprint density at radius 3 is 2.50 bits per heavy atom. The molecule has 1 aliphatic heterocycles. The summed E-state index contributed by atoms with van der Waals surface area (Å²) in [5.41, 5.74) is 1.46. The summed E-state index contributed by atoms with van der Waals surface area (Å²) in [6, 6.07) is 9.57. The number of rotatable bonds is 4. The van der Waals surface area contributed by atoms with E-state index in [4.69, 9.17) is 4.52 Å². The molecule has 0 unspecified atom stereocenters. The third-order valence-electron chi connectivity index (χ3n) is 4.67. The molecular formula is C19H21N7O2. The van der Waals surface area contributed by atoms with Crippen molar-refractivity contribution in [2.75, 3.05) is 36.4 Å². The standard InChI is InChI=1S/C19H21N7O2/c1-13-4-3-5-16(21-13)22-17-6-7-18(24-23-17)25-8-10-26(11-9-25)19(27)15-12-20-28-14(15)2/h3-7,12H,8-11H2,1-2H3,(H,21,22,23). The zero-order valence-electron chi connectivity index (χ0n) is 15.8. The van der Waals surface area contributed by atoms with Crippen LogP contribution < -0.4 is 10.2 Å². The van der Waals surface area contributed by atoms with Crippen LogP contribution in [0.3, 0.4) is 0 Å². The van der Waals surface area contributed by atoms with Crippen molar-refractivity contribution in [3.63, 3.8) is 0 Å². The summed E-state index contributed by atoms with van der Waals surface area (Å²) in [7, 11) is 0. The SMILES string of the molecule is Cc1cccc(Nc2ccc(N3CCN(C(=O)c4cnoc4C)CC3)nn2)n1. The van der Waals surface area contributed by atoms with Gasteiger partial charge in [0.25, 0.3) is 5.91 Å². The molecule has 1 N–H and O–H groups in total. The molecule has 9 nitrogen and oxygen atoms in total. The van der Waals surface area contributed by atoms with Crippen LogP contribution in [-0.4, -0.2) is 57.3 Å². The number of carbonyl (C=O) groups excluding carboxylic acids is 1. The van der Waals surface area contributed by atoms with E-state index in [0.717, 1.165) is 17.3 Å². The number of hydrogen-bond acceptors (Lipinski definition) is 8.